The van der Waals surface area contributed by atoms with Gasteiger partial charge in [0.05, 0.1) is 11.3 Å². The van der Waals surface area contributed by atoms with E-state index in [2.05, 4.69) is 29.2 Å². The predicted octanol–water partition coefficient (Wildman–Crippen LogP) is 2.05. The van der Waals surface area contributed by atoms with Gasteiger partial charge < -0.3 is 5.32 Å². The van der Waals surface area contributed by atoms with Crippen LogP contribution in [0.3, 0.4) is 0 Å². The number of hydrogen-bond donors (Lipinski definition) is 1. The number of hydrogen-bond acceptors (Lipinski definition) is 3. The normalized spacial score (nSPS) is 12.9. The number of nitrogens with zero attached hydrogens (tertiary/aromatic N) is 3. The van der Waals surface area contributed by atoms with Crippen LogP contribution in [0.1, 0.15) is 36.8 Å². The first-order valence-corrected chi connectivity index (χ1v) is 6.50. The van der Waals surface area contributed by atoms with Crippen molar-refractivity contribution in [1.82, 2.24) is 20.1 Å². The third-order valence-electron chi connectivity index (χ3n) is 3.48. The third kappa shape index (κ3) is 2.59. The second-order valence-corrected chi connectivity index (χ2v) is 5.31. The standard InChI is InChI=1S/C14H20N4O/c1-8(2)9(3)16-14(19)11-6-12-10(4)17-18(5)13(12)15-7-11/h6-9H,1-5H3,(H,16,19). The molecule has 0 aromatic carbocycles. The first kappa shape index (κ1) is 13.5. The second-order valence-electron chi connectivity index (χ2n) is 5.31. The maximum atomic E-state index is 12.1. The van der Waals surface area contributed by atoms with Crippen LogP contribution in [0.2, 0.25) is 0 Å². The van der Waals surface area contributed by atoms with Crippen LogP contribution < -0.4 is 5.32 Å². The van der Waals surface area contributed by atoms with E-state index in [1.165, 1.54) is 0 Å². The fraction of sp³-hybridized carbons (Fsp3) is 0.500. The Morgan fingerprint density at radius 3 is 2.68 bits per heavy atom. The van der Waals surface area contributed by atoms with E-state index in [1.54, 1.807) is 10.9 Å². The summed E-state index contributed by atoms with van der Waals surface area (Å²) in [7, 11) is 1.85. The van der Waals surface area contributed by atoms with E-state index in [0.29, 0.717) is 11.5 Å². The number of aromatic nitrogens is 3. The molecule has 0 bridgehead atoms. The highest BCUT2D eigenvalue weighted by Crippen LogP contribution is 2.16. The molecule has 0 radical (unpaired) electrons. The summed E-state index contributed by atoms with van der Waals surface area (Å²) in [6.45, 7) is 8.08. The molecule has 1 unspecified atom stereocenters. The summed E-state index contributed by atoms with van der Waals surface area (Å²) in [6.07, 6.45) is 1.60. The Morgan fingerprint density at radius 1 is 1.37 bits per heavy atom. The highest BCUT2D eigenvalue weighted by atomic mass is 16.1. The number of carbonyl (C=O) groups is 1. The Kier molecular flexibility index (Phi) is 3.55. The molecule has 2 aromatic heterocycles. The first-order chi connectivity index (χ1) is 8.90. The minimum atomic E-state index is -0.0844. The van der Waals surface area contributed by atoms with Gasteiger partial charge in [0.1, 0.15) is 0 Å². The molecule has 0 aliphatic rings. The predicted molar refractivity (Wildman–Crippen MR) is 75.0 cm³/mol. The number of carbonyl (C=O) groups excluding carboxylic acids is 1. The van der Waals surface area contributed by atoms with Crippen molar-refractivity contribution in [3.8, 4) is 0 Å². The lowest BCUT2D eigenvalue weighted by molar-refractivity contribution is 0.0930. The van der Waals surface area contributed by atoms with Crippen molar-refractivity contribution in [2.75, 3.05) is 0 Å². The molecule has 0 aliphatic heterocycles. The minimum absolute atomic E-state index is 0.0844. The number of rotatable bonds is 3. The maximum Gasteiger partial charge on any atom is 0.253 e. The fourth-order valence-corrected chi connectivity index (χ4v) is 1.89. The highest BCUT2D eigenvalue weighted by Gasteiger charge is 2.15. The van der Waals surface area contributed by atoms with Crippen LogP contribution in [0.5, 0.6) is 0 Å². The van der Waals surface area contributed by atoms with Gasteiger partial charge in [0, 0.05) is 24.7 Å². The summed E-state index contributed by atoms with van der Waals surface area (Å²) in [4.78, 5) is 16.5. The zero-order chi connectivity index (χ0) is 14.2. The van der Waals surface area contributed by atoms with E-state index in [0.717, 1.165) is 16.7 Å². The number of aryl methyl sites for hydroxylation is 2. The Morgan fingerprint density at radius 2 is 2.05 bits per heavy atom. The van der Waals surface area contributed by atoms with Crippen LogP contribution in [-0.2, 0) is 7.05 Å². The molecule has 1 amide bonds. The molecule has 0 spiro atoms. The molecule has 0 saturated carbocycles. The van der Waals surface area contributed by atoms with E-state index < -0.39 is 0 Å². The smallest absolute Gasteiger partial charge is 0.253 e. The van der Waals surface area contributed by atoms with Crippen LogP contribution in [0.4, 0.5) is 0 Å². The monoisotopic (exact) mass is 260 g/mol. The summed E-state index contributed by atoms with van der Waals surface area (Å²) >= 11 is 0. The summed E-state index contributed by atoms with van der Waals surface area (Å²) in [5, 5.41) is 8.21. The molecule has 5 nitrogen and oxygen atoms in total. The van der Waals surface area contributed by atoms with Crippen LogP contribution in [0, 0.1) is 12.8 Å². The minimum Gasteiger partial charge on any atom is -0.349 e. The Labute approximate surface area is 113 Å². The van der Waals surface area contributed by atoms with Crippen molar-refractivity contribution in [2.45, 2.75) is 33.7 Å². The zero-order valence-electron chi connectivity index (χ0n) is 12.1. The lowest BCUT2D eigenvalue weighted by atomic mass is 10.1. The Balaban J connectivity index is 2.31. The summed E-state index contributed by atoms with van der Waals surface area (Å²) in [5.41, 5.74) is 2.26. The zero-order valence-corrected chi connectivity index (χ0v) is 12.1. The van der Waals surface area contributed by atoms with Crippen molar-refractivity contribution < 1.29 is 4.79 Å². The first-order valence-electron chi connectivity index (χ1n) is 6.50. The lowest BCUT2D eigenvalue weighted by Gasteiger charge is -2.17. The quantitative estimate of drug-likeness (QED) is 0.918. The van der Waals surface area contributed by atoms with Gasteiger partial charge >= 0.3 is 0 Å². The molecule has 19 heavy (non-hydrogen) atoms. The van der Waals surface area contributed by atoms with Crippen LogP contribution in [-0.4, -0.2) is 26.7 Å². The van der Waals surface area contributed by atoms with Crippen LogP contribution in [0.15, 0.2) is 12.3 Å². The van der Waals surface area contributed by atoms with Gasteiger partial charge in [-0.05, 0) is 25.8 Å². The molecule has 0 aliphatic carbocycles. The van der Waals surface area contributed by atoms with E-state index in [1.807, 2.05) is 27.0 Å². The van der Waals surface area contributed by atoms with Gasteiger partial charge in [-0.25, -0.2) is 4.98 Å². The summed E-state index contributed by atoms with van der Waals surface area (Å²) < 4.78 is 1.73. The highest BCUT2D eigenvalue weighted by molar-refractivity contribution is 5.97. The fourth-order valence-electron chi connectivity index (χ4n) is 1.89. The second kappa shape index (κ2) is 4.99. The van der Waals surface area contributed by atoms with Gasteiger partial charge in [0.15, 0.2) is 5.65 Å². The molecular formula is C14H20N4O. The number of fused-ring (bicyclic) bond motifs is 1. The van der Waals surface area contributed by atoms with Crippen molar-refractivity contribution in [2.24, 2.45) is 13.0 Å². The van der Waals surface area contributed by atoms with Crippen LogP contribution >= 0.6 is 0 Å². The van der Waals surface area contributed by atoms with Crippen LogP contribution in [0.25, 0.3) is 11.0 Å². The van der Waals surface area contributed by atoms with E-state index >= 15 is 0 Å². The van der Waals surface area contributed by atoms with Crippen molar-refractivity contribution in [3.63, 3.8) is 0 Å². The average Bonchev–Trinajstić information content (AvgIpc) is 2.64. The number of nitrogens with one attached hydrogen (secondary N) is 1. The van der Waals surface area contributed by atoms with Gasteiger partial charge in [0.2, 0.25) is 0 Å². The van der Waals surface area contributed by atoms with Gasteiger partial charge in [-0.1, -0.05) is 13.8 Å². The van der Waals surface area contributed by atoms with Gasteiger partial charge in [-0.2, -0.15) is 5.10 Å². The third-order valence-corrected chi connectivity index (χ3v) is 3.48. The SMILES string of the molecule is Cc1nn(C)c2ncc(C(=O)NC(C)C(C)C)cc12. The molecule has 102 valence electrons. The van der Waals surface area contributed by atoms with Crippen molar-refractivity contribution >= 4 is 16.9 Å². The molecule has 2 rings (SSSR count). The van der Waals surface area contributed by atoms with Gasteiger partial charge in [-0.15, -0.1) is 0 Å². The van der Waals surface area contributed by atoms with E-state index in [9.17, 15) is 4.79 Å². The van der Waals surface area contributed by atoms with Gasteiger partial charge in [-0.3, -0.25) is 9.48 Å². The molecule has 2 heterocycles. The van der Waals surface area contributed by atoms with E-state index in [-0.39, 0.29) is 11.9 Å². The Bertz CT molecular complexity index is 615. The summed E-state index contributed by atoms with van der Waals surface area (Å²) in [6, 6.07) is 1.99. The summed E-state index contributed by atoms with van der Waals surface area (Å²) in [5.74, 6) is 0.319. The maximum absolute atomic E-state index is 12.1. The molecule has 5 heteroatoms. The topological polar surface area (TPSA) is 59.8 Å². The molecule has 1 atom stereocenters. The Hall–Kier alpha value is -1.91. The molecule has 2 aromatic rings. The molecular weight excluding hydrogens is 240 g/mol. The number of pyridine rings is 1. The van der Waals surface area contributed by atoms with Gasteiger partial charge in [0.25, 0.3) is 5.91 Å². The molecule has 1 N–H and O–H groups in total. The number of amides is 1. The lowest BCUT2D eigenvalue weighted by Crippen LogP contribution is -2.36. The molecule has 0 fully saturated rings. The van der Waals surface area contributed by atoms with Crippen molar-refractivity contribution in [3.05, 3.63) is 23.5 Å². The largest absolute Gasteiger partial charge is 0.349 e. The van der Waals surface area contributed by atoms with E-state index in [4.69, 9.17) is 0 Å². The average molecular weight is 260 g/mol. The molecule has 0 saturated heterocycles. The van der Waals surface area contributed by atoms with Crippen molar-refractivity contribution in [1.29, 1.82) is 0 Å².